The highest BCUT2D eigenvalue weighted by molar-refractivity contribution is 5.82. The summed E-state index contributed by atoms with van der Waals surface area (Å²) in [5, 5.41) is 8.72. The van der Waals surface area contributed by atoms with Crippen LogP contribution in [0, 0.1) is 5.92 Å². The molecule has 3 N–H and O–H groups in total. The van der Waals surface area contributed by atoms with Crippen LogP contribution in [0.2, 0.25) is 0 Å². The van der Waals surface area contributed by atoms with E-state index >= 15 is 0 Å². The Labute approximate surface area is 107 Å². The summed E-state index contributed by atoms with van der Waals surface area (Å²) in [6, 6.07) is -0.515. The van der Waals surface area contributed by atoms with E-state index in [0.29, 0.717) is 19.7 Å². The van der Waals surface area contributed by atoms with Crippen LogP contribution < -0.4 is 5.73 Å². The van der Waals surface area contributed by atoms with Gasteiger partial charge in [0.1, 0.15) is 0 Å². The lowest BCUT2D eigenvalue weighted by Crippen LogP contribution is -2.53. The van der Waals surface area contributed by atoms with Gasteiger partial charge < -0.3 is 20.5 Å². The second kappa shape index (κ2) is 6.70. The molecule has 1 amide bonds. The van der Waals surface area contributed by atoms with Crippen molar-refractivity contribution in [2.24, 2.45) is 11.7 Å². The number of rotatable bonds is 5. The fraction of sp³-hybridized carbons (Fsp3) is 0.833. The quantitative estimate of drug-likeness (QED) is 0.727. The van der Waals surface area contributed by atoms with Crippen molar-refractivity contribution in [1.82, 2.24) is 4.90 Å². The zero-order chi connectivity index (χ0) is 13.7. The molecule has 0 radical (unpaired) electrons. The van der Waals surface area contributed by atoms with E-state index < -0.39 is 18.1 Å². The van der Waals surface area contributed by atoms with Gasteiger partial charge in [-0.1, -0.05) is 20.3 Å². The van der Waals surface area contributed by atoms with Gasteiger partial charge in [-0.3, -0.25) is 9.59 Å². The van der Waals surface area contributed by atoms with Crippen LogP contribution in [-0.4, -0.2) is 53.7 Å². The third-order valence-electron chi connectivity index (χ3n) is 3.39. The van der Waals surface area contributed by atoms with E-state index in [4.69, 9.17) is 15.6 Å². The van der Waals surface area contributed by atoms with Crippen LogP contribution in [0.1, 0.15) is 26.7 Å². The third kappa shape index (κ3) is 3.96. The number of aliphatic carboxylic acids is 1. The predicted octanol–water partition coefficient (Wildman–Crippen LogP) is 0.0619. The molecule has 0 aromatic carbocycles. The Hall–Kier alpha value is -1.14. The fourth-order valence-electron chi connectivity index (χ4n) is 1.95. The van der Waals surface area contributed by atoms with E-state index in [1.54, 1.807) is 4.90 Å². The lowest BCUT2D eigenvalue weighted by molar-refractivity contribution is -0.148. The predicted molar refractivity (Wildman–Crippen MR) is 66.0 cm³/mol. The summed E-state index contributed by atoms with van der Waals surface area (Å²) in [7, 11) is 0. The summed E-state index contributed by atoms with van der Waals surface area (Å²) in [6.07, 6.45) is 0.336. The van der Waals surface area contributed by atoms with Crippen LogP contribution in [0.5, 0.6) is 0 Å². The van der Waals surface area contributed by atoms with Crippen molar-refractivity contribution in [3.8, 4) is 0 Å². The van der Waals surface area contributed by atoms with Gasteiger partial charge in [0.25, 0.3) is 0 Å². The van der Waals surface area contributed by atoms with Crippen LogP contribution in [0.15, 0.2) is 0 Å². The number of ether oxygens (including phenoxy) is 1. The Morgan fingerprint density at radius 3 is 2.78 bits per heavy atom. The number of carboxylic acid groups (broad SMARTS) is 1. The number of amides is 1. The topological polar surface area (TPSA) is 92.9 Å². The molecule has 3 unspecified atom stereocenters. The molecule has 1 aliphatic heterocycles. The number of hydrogen-bond donors (Lipinski definition) is 2. The second-order valence-electron chi connectivity index (χ2n) is 4.79. The van der Waals surface area contributed by atoms with Crippen LogP contribution in [0.3, 0.4) is 0 Å². The standard InChI is InChI=1S/C12H22N2O4/c1-3-8(2)11(13)12(17)14-4-5-18-9(7-14)6-10(15)16/h8-9,11H,3-7,13H2,1-2H3,(H,15,16). The zero-order valence-corrected chi connectivity index (χ0v) is 11.0. The average molecular weight is 258 g/mol. The Morgan fingerprint density at radius 1 is 1.56 bits per heavy atom. The second-order valence-corrected chi connectivity index (χ2v) is 4.79. The van der Waals surface area contributed by atoms with Gasteiger partial charge in [0, 0.05) is 13.1 Å². The van der Waals surface area contributed by atoms with E-state index in [1.165, 1.54) is 0 Å². The lowest BCUT2D eigenvalue weighted by atomic mass is 9.98. The maximum atomic E-state index is 12.1. The minimum Gasteiger partial charge on any atom is -0.481 e. The largest absolute Gasteiger partial charge is 0.481 e. The first kappa shape index (κ1) is 14.9. The number of nitrogens with two attached hydrogens (primary N) is 1. The van der Waals surface area contributed by atoms with Gasteiger partial charge in [0.05, 0.1) is 25.2 Å². The van der Waals surface area contributed by atoms with Gasteiger partial charge in [0.2, 0.25) is 5.91 Å². The van der Waals surface area contributed by atoms with Gasteiger partial charge in [0.15, 0.2) is 0 Å². The first-order valence-corrected chi connectivity index (χ1v) is 6.33. The Morgan fingerprint density at radius 2 is 2.22 bits per heavy atom. The maximum absolute atomic E-state index is 12.1. The summed E-state index contributed by atoms with van der Waals surface area (Å²) in [4.78, 5) is 24.4. The van der Waals surface area contributed by atoms with Gasteiger partial charge in [-0.2, -0.15) is 0 Å². The van der Waals surface area contributed by atoms with Crippen molar-refractivity contribution in [3.63, 3.8) is 0 Å². The molecule has 3 atom stereocenters. The fourth-order valence-corrected chi connectivity index (χ4v) is 1.95. The molecule has 1 heterocycles. The van der Waals surface area contributed by atoms with E-state index in [0.717, 1.165) is 6.42 Å². The molecule has 1 fully saturated rings. The smallest absolute Gasteiger partial charge is 0.306 e. The molecule has 1 rings (SSSR count). The molecule has 6 nitrogen and oxygen atoms in total. The van der Waals surface area contributed by atoms with Gasteiger partial charge >= 0.3 is 5.97 Å². The molecule has 0 bridgehead atoms. The van der Waals surface area contributed by atoms with Crippen molar-refractivity contribution in [1.29, 1.82) is 0 Å². The molecule has 0 aromatic rings. The number of carbonyl (C=O) groups excluding carboxylic acids is 1. The average Bonchev–Trinajstić information content (AvgIpc) is 2.35. The van der Waals surface area contributed by atoms with E-state index in [-0.39, 0.29) is 18.2 Å². The molecule has 0 aromatic heterocycles. The van der Waals surface area contributed by atoms with Crippen LogP contribution in [0.25, 0.3) is 0 Å². The number of carbonyl (C=O) groups is 2. The van der Waals surface area contributed by atoms with Crippen LogP contribution >= 0.6 is 0 Å². The van der Waals surface area contributed by atoms with Gasteiger partial charge in [-0.15, -0.1) is 0 Å². The molecular formula is C12H22N2O4. The SMILES string of the molecule is CCC(C)C(N)C(=O)N1CCOC(CC(=O)O)C1. The normalized spacial score (nSPS) is 23.5. The number of hydrogen-bond acceptors (Lipinski definition) is 4. The molecule has 0 spiro atoms. The van der Waals surface area contributed by atoms with Crippen molar-refractivity contribution < 1.29 is 19.4 Å². The highest BCUT2D eigenvalue weighted by Gasteiger charge is 2.30. The maximum Gasteiger partial charge on any atom is 0.306 e. The van der Waals surface area contributed by atoms with E-state index in [1.807, 2.05) is 13.8 Å². The molecule has 1 saturated heterocycles. The monoisotopic (exact) mass is 258 g/mol. The van der Waals surface area contributed by atoms with Gasteiger partial charge in [-0.05, 0) is 5.92 Å². The van der Waals surface area contributed by atoms with E-state index in [2.05, 4.69) is 0 Å². The molecule has 0 aliphatic carbocycles. The first-order chi connectivity index (χ1) is 8.45. The Balaban J connectivity index is 2.55. The minimum absolute atomic E-state index is 0.0810. The van der Waals surface area contributed by atoms with Gasteiger partial charge in [-0.25, -0.2) is 0 Å². The van der Waals surface area contributed by atoms with E-state index in [9.17, 15) is 9.59 Å². The molecule has 6 heteroatoms. The van der Waals surface area contributed by atoms with Crippen molar-refractivity contribution in [2.75, 3.05) is 19.7 Å². The summed E-state index contributed by atoms with van der Waals surface area (Å²) in [5.74, 6) is -0.901. The highest BCUT2D eigenvalue weighted by atomic mass is 16.5. The minimum atomic E-state index is -0.916. The summed E-state index contributed by atoms with van der Waals surface area (Å²) in [6.45, 7) is 5.10. The zero-order valence-electron chi connectivity index (χ0n) is 11.0. The number of morpholine rings is 1. The Kier molecular flexibility index (Phi) is 5.55. The first-order valence-electron chi connectivity index (χ1n) is 6.33. The van der Waals surface area contributed by atoms with Crippen molar-refractivity contribution >= 4 is 11.9 Å². The Bertz CT molecular complexity index is 308. The summed E-state index contributed by atoms with van der Waals surface area (Å²) in [5.41, 5.74) is 5.90. The highest BCUT2D eigenvalue weighted by Crippen LogP contribution is 2.13. The lowest BCUT2D eigenvalue weighted by Gasteiger charge is -2.34. The number of carboxylic acids is 1. The molecule has 1 aliphatic rings. The molecule has 0 saturated carbocycles. The van der Waals surface area contributed by atoms with Crippen molar-refractivity contribution in [3.05, 3.63) is 0 Å². The van der Waals surface area contributed by atoms with Crippen LogP contribution in [-0.2, 0) is 14.3 Å². The third-order valence-corrected chi connectivity index (χ3v) is 3.39. The van der Waals surface area contributed by atoms with Crippen LogP contribution in [0.4, 0.5) is 0 Å². The van der Waals surface area contributed by atoms with Crippen molar-refractivity contribution in [2.45, 2.75) is 38.8 Å². The molecular weight excluding hydrogens is 236 g/mol. The molecule has 18 heavy (non-hydrogen) atoms. The summed E-state index contributed by atoms with van der Waals surface area (Å²) < 4.78 is 5.32. The number of nitrogens with zero attached hydrogens (tertiary/aromatic N) is 1. The summed E-state index contributed by atoms with van der Waals surface area (Å²) >= 11 is 0. The molecule has 104 valence electrons.